The summed E-state index contributed by atoms with van der Waals surface area (Å²) in [5, 5.41) is 1.19. The number of rotatable bonds is 5. The third-order valence-corrected chi connectivity index (χ3v) is 8.13. The second kappa shape index (κ2) is 9.15. The molecule has 1 aromatic carbocycles. The number of halogens is 2. The van der Waals surface area contributed by atoms with Gasteiger partial charge < -0.3 is 15.4 Å². The summed E-state index contributed by atoms with van der Waals surface area (Å²) in [5.41, 5.74) is 8.79. The highest BCUT2D eigenvalue weighted by molar-refractivity contribution is 14.1. The van der Waals surface area contributed by atoms with Crippen LogP contribution in [0.2, 0.25) is 0 Å². The maximum atomic E-state index is 13.7. The van der Waals surface area contributed by atoms with Crippen molar-refractivity contribution < 1.29 is 9.13 Å². The molecule has 1 aliphatic rings. The third-order valence-electron chi connectivity index (χ3n) is 5.59. The minimum absolute atomic E-state index is 0.217. The Morgan fingerprint density at radius 2 is 2.03 bits per heavy atom. The van der Waals surface area contributed by atoms with Gasteiger partial charge in [-0.05, 0) is 85.8 Å². The second-order valence-electron chi connectivity index (χ2n) is 7.68. The van der Waals surface area contributed by atoms with Gasteiger partial charge in [-0.2, -0.15) is 0 Å². The average Bonchev–Trinajstić information content (AvgIpc) is 3.23. The van der Waals surface area contributed by atoms with Gasteiger partial charge in [-0.3, -0.25) is 0 Å². The Bertz CT molecular complexity index is 1050. The predicted molar refractivity (Wildman–Crippen MR) is 127 cm³/mol. The zero-order valence-corrected chi connectivity index (χ0v) is 20.0. The molecule has 1 fully saturated rings. The van der Waals surface area contributed by atoms with Gasteiger partial charge >= 0.3 is 0 Å². The summed E-state index contributed by atoms with van der Waals surface area (Å²) in [5.74, 6) is 1.18. The van der Waals surface area contributed by atoms with Crippen molar-refractivity contribution in [2.45, 2.75) is 32.3 Å². The summed E-state index contributed by atoms with van der Waals surface area (Å²) < 4.78 is 20.3. The van der Waals surface area contributed by atoms with Crippen LogP contribution in [0.4, 0.5) is 10.2 Å². The molecule has 0 aliphatic carbocycles. The minimum atomic E-state index is -0.217. The number of ether oxygens (including phenoxy) is 1. The van der Waals surface area contributed by atoms with E-state index in [-0.39, 0.29) is 5.82 Å². The highest BCUT2D eigenvalue weighted by Gasteiger charge is 2.21. The summed E-state index contributed by atoms with van der Waals surface area (Å²) in [6, 6.07) is 5.13. The molecule has 1 aliphatic heterocycles. The first-order valence-electron chi connectivity index (χ1n) is 9.89. The first-order valence-corrected chi connectivity index (χ1v) is 11.8. The normalized spacial score (nSPS) is 15.5. The fourth-order valence-electron chi connectivity index (χ4n) is 3.57. The number of anilines is 1. The molecule has 0 spiro atoms. The molecule has 0 amide bonds. The second-order valence-corrected chi connectivity index (χ2v) is 9.82. The molecule has 30 heavy (non-hydrogen) atoms. The Morgan fingerprint density at radius 1 is 1.27 bits per heavy atom. The summed E-state index contributed by atoms with van der Waals surface area (Å²) in [6.07, 6.45) is 5.98. The Balaban J connectivity index is 1.50. The monoisotopic (exact) mass is 538 g/mol. The molecule has 2 N–H and O–H groups in total. The standard InChI is InChI=1S/C22H24FIN4OS/c1-13-15(3-4-17(23)20(13)24)12-29-18-9-16(10-26-21(18)25)19-11-27-22(30-19)14-5-7-28(2)8-6-14/h3-4,9-11,14H,5-8,12H2,1-2H3,(H2,25,26). The maximum absolute atomic E-state index is 13.7. The zero-order chi connectivity index (χ0) is 21.3. The van der Waals surface area contributed by atoms with Crippen LogP contribution in [0.25, 0.3) is 10.4 Å². The largest absolute Gasteiger partial charge is 0.485 e. The van der Waals surface area contributed by atoms with Crippen molar-refractivity contribution in [1.29, 1.82) is 0 Å². The molecule has 0 bridgehead atoms. The van der Waals surface area contributed by atoms with E-state index in [4.69, 9.17) is 10.5 Å². The molecule has 8 heteroatoms. The number of likely N-dealkylation sites (tertiary alicyclic amines) is 1. The van der Waals surface area contributed by atoms with Gasteiger partial charge in [0.15, 0.2) is 11.6 Å². The first kappa shape index (κ1) is 21.5. The van der Waals surface area contributed by atoms with E-state index in [1.807, 2.05) is 41.8 Å². The third kappa shape index (κ3) is 4.60. The molecule has 5 nitrogen and oxygen atoms in total. The van der Waals surface area contributed by atoms with Gasteiger partial charge in [0.2, 0.25) is 0 Å². The van der Waals surface area contributed by atoms with Crippen molar-refractivity contribution in [3.05, 3.63) is 56.1 Å². The van der Waals surface area contributed by atoms with E-state index < -0.39 is 0 Å². The van der Waals surface area contributed by atoms with E-state index in [9.17, 15) is 4.39 Å². The lowest BCUT2D eigenvalue weighted by atomic mass is 9.98. The van der Waals surface area contributed by atoms with Crippen LogP contribution in [0.3, 0.4) is 0 Å². The van der Waals surface area contributed by atoms with Gasteiger partial charge in [-0.1, -0.05) is 6.07 Å². The van der Waals surface area contributed by atoms with Crippen molar-refractivity contribution in [2.24, 2.45) is 0 Å². The van der Waals surface area contributed by atoms with E-state index in [0.717, 1.165) is 47.5 Å². The van der Waals surface area contributed by atoms with Crippen LogP contribution < -0.4 is 10.5 Å². The van der Waals surface area contributed by atoms with Crippen LogP contribution in [0.15, 0.2) is 30.6 Å². The molecule has 0 saturated carbocycles. The zero-order valence-electron chi connectivity index (χ0n) is 17.0. The van der Waals surface area contributed by atoms with Gasteiger partial charge in [-0.15, -0.1) is 11.3 Å². The highest BCUT2D eigenvalue weighted by Crippen LogP contribution is 2.36. The van der Waals surface area contributed by atoms with Crippen LogP contribution >= 0.6 is 33.9 Å². The molecular weight excluding hydrogens is 514 g/mol. The van der Waals surface area contributed by atoms with E-state index >= 15 is 0 Å². The van der Waals surface area contributed by atoms with E-state index in [2.05, 4.69) is 21.9 Å². The van der Waals surface area contributed by atoms with Gasteiger partial charge in [0.1, 0.15) is 12.4 Å². The molecule has 0 atom stereocenters. The number of pyridine rings is 1. The Morgan fingerprint density at radius 3 is 2.80 bits per heavy atom. The molecule has 3 aromatic rings. The summed E-state index contributed by atoms with van der Waals surface area (Å²) in [7, 11) is 2.17. The van der Waals surface area contributed by atoms with Gasteiger partial charge in [0, 0.05) is 23.9 Å². The number of thiazole rings is 1. The number of aromatic nitrogens is 2. The first-order chi connectivity index (χ1) is 14.4. The van der Waals surface area contributed by atoms with Crippen molar-refractivity contribution in [3.8, 4) is 16.2 Å². The molecule has 4 rings (SSSR count). The SMILES string of the molecule is Cc1c(COc2cc(-c3cnc(C4CCN(C)CC4)s3)cnc2N)ccc(F)c1I. The number of nitrogens with two attached hydrogens (primary N) is 1. The number of nitrogens with zero attached hydrogens (tertiary/aromatic N) is 3. The quantitative estimate of drug-likeness (QED) is 0.451. The molecular formula is C22H24FIN4OS. The van der Waals surface area contributed by atoms with Crippen LogP contribution in [0.5, 0.6) is 5.75 Å². The van der Waals surface area contributed by atoms with E-state index in [0.29, 0.717) is 27.7 Å². The maximum Gasteiger partial charge on any atom is 0.166 e. The summed E-state index contributed by atoms with van der Waals surface area (Å²) in [6.45, 7) is 4.43. The van der Waals surface area contributed by atoms with Gasteiger partial charge in [0.25, 0.3) is 0 Å². The van der Waals surface area contributed by atoms with Crippen LogP contribution in [0, 0.1) is 16.3 Å². The fourth-order valence-corrected chi connectivity index (χ4v) is 5.17. The minimum Gasteiger partial charge on any atom is -0.485 e. The average molecular weight is 538 g/mol. The van der Waals surface area contributed by atoms with Crippen molar-refractivity contribution in [2.75, 3.05) is 25.9 Å². The lowest BCUT2D eigenvalue weighted by Gasteiger charge is -2.27. The number of nitrogen functional groups attached to an aromatic ring is 1. The number of piperidine rings is 1. The molecule has 0 radical (unpaired) electrons. The van der Waals surface area contributed by atoms with Crippen LogP contribution in [0.1, 0.15) is 34.9 Å². The lowest BCUT2D eigenvalue weighted by molar-refractivity contribution is 0.255. The van der Waals surface area contributed by atoms with Crippen molar-refractivity contribution >= 4 is 39.7 Å². The number of benzene rings is 1. The molecule has 0 unspecified atom stereocenters. The van der Waals surface area contributed by atoms with Crippen LogP contribution in [-0.4, -0.2) is 35.0 Å². The Hall–Kier alpha value is -1.78. The fraction of sp³-hybridized carbons (Fsp3) is 0.364. The topological polar surface area (TPSA) is 64.3 Å². The lowest BCUT2D eigenvalue weighted by Crippen LogP contribution is -2.29. The van der Waals surface area contributed by atoms with Crippen LogP contribution in [-0.2, 0) is 6.61 Å². The van der Waals surface area contributed by atoms with Crippen molar-refractivity contribution in [3.63, 3.8) is 0 Å². The molecule has 158 valence electrons. The number of hydrogen-bond acceptors (Lipinski definition) is 6. The van der Waals surface area contributed by atoms with E-state index in [1.54, 1.807) is 23.6 Å². The molecule has 2 aromatic heterocycles. The highest BCUT2D eigenvalue weighted by atomic mass is 127. The summed E-state index contributed by atoms with van der Waals surface area (Å²) >= 11 is 3.73. The molecule has 1 saturated heterocycles. The smallest absolute Gasteiger partial charge is 0.166 e. The Kier molecular flexibility index (Phi) is 6.54. The molecule has 3 heterocycles. The van der Waals surface area contributed by atoms with E-state index in [1.165, 1.54) is 11.1 Å². The van der Waals surface area contributed by atoms with Gasteiger partial charge in [0.05, 0.1) is 13.5 Å². The Labute approximate surface area is 193 Å². The van der Waals surface area contributed by atoms with Gasteiger partial charge in [-0.25, -0.2) is 14.4 Å². The summed E-state index contributed by atoms with van der Waals surface area (Å²) in [4.78, 5) is 12.4. The predicted octanol–water partition coefficient (Wildman–Crippen LogP) is 5.23. The number of hydrogen-bond donors (Lipinski definition) is 1. The van der Waals surface area contributed by atoms with Crippen molar-refractivity contribution in [1.82, 2.24) is 14.9 Å².